The van der Waals surface area contributed by atoms with Crippen LogP contribution in [0.1, 0.15) is 12.5 Å². The van der Waals surface area contributed by atoms with Gasteiger partial charge in [-0.1, -0.05) is 29.3 Å². The van der Waals surface area contributed by atoms with Gasteiger partial charge in [0.1, 0.15) is 0 Å². The molecule has 2 aromatic rings. The zero-order valence-electron chi connectivity index (χ0n) is 14.6. The molecule has 0 aromatic heterocycles. The SMILES string of the molecule is CCOc1cc(/C=N\NC(=O)C(=O)Nc2cccc(Cl)c2)cc(Cl)c1OC. The van der Waals surface area contributed by atoms with Gasteiger partial charge in [-0.15, -0.1) is 0 Å². The van der Waals surface area contributed by atoms with Gasteiger partial charge in [-0.05, 0) is 42.8 Å². The predicted molar refractivity (Wildman–Crippen MR) is 105 cm³/mol. The van der Waals surface area contributed by atoms with E-state index in [4.69, 9.17) is 32.7 Å². The number of ether oxygens (including phenoxy) is 2. The molecule has 2 amide bonds. The molecule has 0 aliphatic carbocycles. The van der Waals surface area contributed by atoms with Crippen LogP contribution < -0.4 is 20.2 Å². The van der Waals surface area contributed by atoms with Crippen LogP contribution >= 0.6 is 23.2 Å². The summed E-state index contributed by atoms with van der Waals surface area (Å²) in [5.41, 5.74) is 3.09. The number of hydrogen-bond acceptors (Lipinski definition) is 5. The lowest BCUT2D eigenvalue weighted by Gasteiger charge is -2.11. The highest BCUT2D eigenvalue weighted by Crippen LogP contribution is 2.35. The molecular weight excluding hydrogens is 393 g/mol. The summed E-state index contributed by atoms with van der Waals surface area (Å²) in [5, 5.41) is 6.93. The number of anilines is 1. The Kier molecular flexibility index (Phi) is 7.45. The number of benzene rings is 2. The smallest absolute Gasteiger partial charge is 0.329 e. The second-order valence-electron chi connectivity index (χ2n) is 5.13. The van der Waals surface area contributed by atoms with E-state index in [1.54, 1.807) is 30.3 Å². The molecule has 0 aliphatic rings. The van der Waals surface area contributed by atoms with Gasteiger partial charge in [0.25, 0.3) is 0 Å². The third kappa shape index (κ3) is 5.87. The molecule has 2 aromatic carbocycles. The summed E-state index contributed by atoms with van der Waals surface area (Å²) in [6.07, 6.45) is 1.33. The zero-order valence-corrected chi connectivity index (χ0v) is 16.1. The highest BCUT2D eigenvalue weighted by molar-refractivity contribution is 6.39. The van der Waals surface area contributed by atoms with Gasteiger partial charge in [0.05, 0.1) is 25.0 Å². The molecule has 0 heterocycles. The monoisotopic (exact) mass is 409 g/mol. The minimum atomic E-state index is -0.934. The largest absolute Gasteiger partial charge is 0.491 e. The molecule has 0 bridgehead atoms. The van der Waals surface area contributed by atoms with Crippen molar-refractivity contribution in [3.05, 3.63) is 52.0 Å². The fourth-order valence-electron chi connectivity index (χ4n) is 2.09. The van der Waals surface area contributed by atoms with Crippen molar-refractivity contribution in [2.24, 2.45) is 5.10 Å². The van der Waals surface area contributed by atoms with Crippen LogP contribution in [0.15, 0.2) is 41.5 Å². The quantitative estimate of drug-likeness (QED) is 0.434. The summed E-state index contributed by atoms with van der Waals surface area (Å²) in [5.74, 6) is -0.965. The summed E-state index contributed by atoms with van der Waals surface area (Å²) in [4.78, 5) is 23.7. The Bertz CT molecular complexity index is 872. The Hall–Kier alpha value is -2.77. The molecule has 2 rings (SSSR count). The number of nitrogens with zero attached hydrogens (tertiary/aromatic N) is 1. The summed E-state index contributed by atoms with van der Waals surface area (Å²) in [6, 6.07) is 9.66. The number of carbonyl (C=O) groups is 2. The van der Waals surface area contributed by atoms with Crippen LogP contribution in [0.4, 0.5) is 5.69 Å². The van der Waals surface area contributed by atoms with Crippen LogP contribution in [-0.2, 0) is 9.59 Å². The van der Waals surface area contributed by atoms with E-state index in [0.717, 1.165) is 0 Å². The molecule has 0 spiro atoms. The second-order valence-corrected chi connectivity index (χ2v) is 5.97. The minimum absolute atomic E-state index is 0.329. The highest BCUT2D eigenvalue weighted by Gasteiger charge is 2.13. The molecule has 0 unspecified atom stereocenters. The number of hydrazone groups is 1. The highest BCUT2D eigenvalue weighted by atomic mass is 35.5. The molecule has 9 heteroatoms. The lowest BCUT2D eigenvalue weighted by Crippen LogP contribution is -2.32. The van der Waals surface area contributed by atoms with Gasteiger partial charge in [-0.2, -0.15) is 5.10 Å². The van der Waals surface area contributed by atoms with E-state index >= 15 is 0 Å². The number of carbonyl (C=O) groups excluding carboxylic acids is 2. The number of rotatable bonds is 6. The molecule has 0 saturated heterocycles. The number of halogens is 2. The van der Waals surface area contributed by atoms with Crippen molar-refractivity contribution in [2.45, 2.75) is 6.92 Å². The lowest BCUT2D eigenvalue weighted by molar-refractivity contribution is -0.136. The zero-order chi connectivity index (χ0) is 19.8. The molecule has 27 heavy (non-hydrogen) atoms. The molecule has 0 saturated carbocycles. The van der Waals surface area contributed by atoms with Gasteiger partial charge in [-0.25, -0.2) is 5.43 Å². The molecule has 0 atom stereocenters. The third-order valence-corrected chi connectivity index (χ3v) is 3.72. The number of amides is 2. The number of methoxy groups -OCH3 is 1. The normalized spacial score (nSPS) is 10.5. The predicted octanol–water partition coefficient (Wildman–Crippen LogP) is 3.49. The van der Waals surface area contributed by atoms with Crippen molar-refractivity contribution in [3.63, 3.8) is 0 Å². The first-order valence-electron chi connectivity index (χ1n) is 7.85. The van der Waals surface area contributed by atoms with E-state index in [2.05, 4.69) is 15.8 Å². The minimum Gasteiger partial charge on any atom is -0.491 e. The Balaban J connectivity index is 2.01. The average Bonchev–Trinajstić information content (AvgIpc) is 2.62. The van der Waals surface area contributed by atoms with Gasteiger partial charge < -0.3 is 14.8 Å². The van der Waals surface area contributed by atoms with Gasteiger partial charge in [0.15, 0.2) is 11.5 Å². The van der Waals surface area contributed by atoms with Crippen LogP contribution in [0, 0.1) is 0 Å². The van der Waals surface area contributed by atoms with Crippen LogP contribution in [-0.4, -0.2) is 31.7 Å². The van der Waals surface area contributed by atoms with E-state index in [0.29, 0.717) is 39.4 Å². The maximum absolute atomic E-state index is 11.8. The van der Waals surface area contributed by atoms with Crippen molar-refractivity contribution in [1.29, 1.82) is 0 Å². The molecule has 142 valence electrons. The summed E-state index contributed by atoms with van der Waals surface area (Å²) >= 11 is 12.0. The maximum Gasteiger partial charge on any atom is 0.329 e. The Morgan fingerprint density at radius 3 is 2.63 bits per heavy atom. The van der Waals surface area contributed by atoms with Gasteiger partial charge in [-0.3, -0.25) is 9.59 Å². The molecule has 2 N–H and O–H groups in total. The Morgan fingerprint density at radius 1 is 1.19 bits per heavy atom. The van der Waals surface area contributed by atoms with Crippen molar-refractivity contribution in [2.75, 3.05) is 19.0 Å². The standard InChI is InChI=1S/C18H17Cl2N3O4/c1-3-27-15-8-11(7-14(20)16(15)26-2)10-21-23-18(25)17(24)22-13-6-4-5-12(19)9-13/h4-10H,3H2,1-2H3,(H,22,24)(H,23,25)/b21-10-. The maximum atomic E-state index is 11.8. The van der Waals surface area contributed by atoms with Crippen LogP contribution in [0.3, 0.4) is 0 Å². The van der Waals surface area contributed by atoms with Crippen molar-refractivity contribution < 1.29 is 19.1 Å². The van der Waals surface area contributed by atoms with E-state index in [-0.39, 0.29) is 0 Å². The second kappa shape index (κ2) is 9.80. The Labute approximate surface area is 166 Å². The fourth-order valence-corrected chi connectivity index (χ4v) is 2.58. The van der Waals surface area contributed by atoms with E-state index in [9.17, 15) is 9.59 Å². The number of nitrogens with one attached hydrogen (secondary N) is 2. The summed E-state index contributed by atoms with van der Waals surface area (Å²) in [7, 11) is 1.48. The fraction of sp³-hybridized carbons (Fsp3) is 0.167. The van der Waals surface area contributed by atoms with Crippen molar-refractivity contribution >= 4 is 46.9 Å². The topological polar surface area (TPSA) is 89.0 Å². The van der Waals surface area contributed by atoms with Crippen molar-refractivity contribution in [1.82, 2.24) is 5.43 Å². The molecular formula is C18H17Cl2N3O4. The molecule has 0 radical (unpaired) electrons. The summed E-state index contributed by atoms with van der Waals surface area (Å²) < 4.78 is 10.6. The first-order valence-corrected chi connectivity index (χ1v) is 8.60. The molecule has 0 aliphatic heterocycles. The van der Waals surface area contributed by atoms with Crippen molar-refractivity contribution in [3.8, 4) is 11.5 Å². The summed E-state index contributed by atoms with van der Waals surface area (Å²) in [6.45, 7) is 2.25. The molecule has 7 nitrogen and oxygen atoms in total. The first-order chi connectivity index (χ1) is 12.9. The van der Waals surface area contributed by atoms with E-state index < -0.39 is 11.8 Å². The van der Waals surface area contributed by atoms with Gasteiger partial charge in [0.2, 0.25) is 0 Å². The average molecular weight is 410 g/mol. The van der Waals surface area contributed by atoms with Gasteiger partial charge >= 0.3 is 11.8 Å². The van der Waals surface area contributed by atoms with Crippen LogP contribution in [0.5, 0.6) is 11.5 Å². The van der Waals surface area contributed by atoms with Crippen LogP contribution in [0.25, 0.3) is 0 Å². The first kappa shape index (κ1) is 20.5. The Morgan fingerprint density at radius 2 is 1.96 bits per heavy atom. The lowest BCUT2D eigenvalue weighted by atomic mass is 10.2. The van der Waals surface area contributed by atoms with Gasteiger partial charge in [0, 0.05) is 10.7 Å². The van der Waals surface area contributed by atoms with E-state index in [1.807, 2.05) is 6.92 Å². The van der Waals surface area contributed by atoms with Crippen LogP contribution in [0.2, 0.25) is 10.0 Å². The molecule has 0 fully saturated rings. The number of hydrogen-bond donors (Lipinski definition) is 2. The third-order valence-electron chi connectivity index (χ3n) is 3.20. The van der Waals surface area contributed by atoms with E-state index in [1.165, 1.54) is 19.4 Å².